The molecule has 2 fully saturated rings. The Morgan fingerprint density at radius 2 is 1.58 bits per heavy atom. The average Bonchev–Trinajstić information content (AvgIpc) is 3.24. The first-order chi connectivity index (χ1) is 11.8. The summed E-state index contributed by atoms with van der Waals surface area (Å²) in [5.41, 5.74) is 3.88. The van der Waals surface area contributed by atoms with Gasteiger partial charge >= 0.3 is 0 Å². The van der Waals surface area contributed by atoms with Crippen molar-refractivity contribution in [3.05, 3.63) is 65.7 Å². The Hall–Kier alpha value is -1.80. The molecule has 1 heterocycles. The Bertz CT molecular complexity index is 677. The van der Waals surface area contributed by atoms with Crippen LogP contribution in [0.4, 0.5) is 5.69 Å². The van der Waals surface area contributed by atoms with Gasteiger partial charge in [-0.1, -0.05) is 61.4 Å². The van der Waals surface area contributed by atoms with E-state index in [-0.39, 0.29) is 6.23 Å². The molecule has 0 aromatic heterocycles. The maximum absolute atomic E-state index is 6.69. The van der Waals surface area contributed by atoms with E-state index in [1.165, 1.54) is 42.5 Å². The Labute approximate surface area is 145 Å². The van der Waals surface area contributed by atoms with Crippen LogP contribution < -0.4 is 4.90 Å². The molecule has 4 rings (SSSR count). The Balaban J connectivity index is 1.73. The molecule has 126 valence electrons. The van der Waals surface area contributed by atoms with Crippen LogP contribution in [-0.4, -0.2) is 12.1 Å². The van der Waals surface area contributed by atoms with Crippen molar-refractivity contribution in [2.45, 2.75) is 57.9 Å². The van der Waals surface area contributed by atoms with Gasteiger partial charge in [0.15, 0.2) is 6.23 Å². The number of benzene rings is 2. The molecule has 0 radical (unpaired) electrons. The maximum Gasteiger partial charge on any atom is 0.157 e. The van der Waals surface area contributed by atoms with Gasteiger partial charge < -0.3 is 9.64 Å². The molecule has 24 heavy (non-hydrogen) atoms. The smallest absolute Gasteiger partial charge is 0.157 e. The van der Waals surface area contributed by atoms with Crippen LogP contribution in [0.15, 0.2) is 54.6 Å². The van der Waals surface area contributed by atoms with Gasteiger partial charge in [0, 0.05) is 11.3 Å². The van der Waals surface area contributed by atoms with Crippen molar-refractivity contribution in [3.8, 4) is 0 Å². The molecule has 2 aromatic carbocycles. The fourth-order valence-corrected chi connectivity index (χ4v) is 4.55. The molecule has 2 aliphatic rings. The summed E-state index contributed by atoms with van der Waals surface area (Å²) in [5.74, 6) is 0.709. The largest absolute Gasteiger partial charge is 0.348 e. The van der Waals surface area contributed by atoms with Crippen molar-refractivity contribution in [2.24, 2.45) is 5.92 Å². The van der Waals surface area contributed by atoms with E-state index in [1.54, 1.807) is 0 Å². The highest BCUT2D eigenvalue weighted by Crippen LogP contribution is 2.45. The van der Waals surface area contributed by atoms with E-state index in [1.807, 2.05) is 0 Å². The molecule has 0 amide bonds. The zero-order chi connectivity index (χ0) is 16.5. The predicted octanol–water partition coefficient (Wildman–Crippen LogP) is 5.48. The van der Waals surface area contributed by atoms with Crippen molar-refractivity contribution < 1.29 is 4.74 Å². The lowest BCUT2D eigenvalue weighted by Crippen LogP contribution is -2.36. The lowest BCUT2D eigenvalue weighted by molar-refractivity contribution is 0.00843. The van der Waals surface area contributed by atoms with Crippen LogP contribution in [0.1, 0.15) is 50.0 Å². The molecule has 2 unspecified atom stereocenters. The van der Waals surface area contributed by atoms with Crippen LogP contribution in [0.3, 0.4) is 0 Å². The van der Waals surface area contributed by atoms with Crippen molar-refractivity contribution in [3.63, 3.8) is 0 Å². The second-order valence-corrected chi connectivity index (χ2v) is 7.34. The number of para-hydroxylation sites is 1. The fraction of sp³-hybridized carbons (Fsp3) is 0.455. The number of anilines is 1. The lowest BCUT2D eigenvalue weighted by Gasteiger charge is -2.31. The summed E-state index contributed by atoms with van der Waals surface area (Å²) in [6.07, 6.45) is 5.70. The monoisotopic (exact) mass is 321 g/mol. The van der Waals surface area contributed by atoms with Gasteiger partial charge in [0.05, 0.1) is 12.1 Å². The predicted molar refractivity (Wildman–Crippen MR) is 99.1 cm³/mol. The third kappa shape index (κ3) is 2.73. The molecule has 0 bridgehead atoms. The highest BCUT2D eigenvalue weighted by atomic mass is 16.5. The Morgan fingerprint density at radius 3 is 2.29 bits per heavy atom. The first-order valence-corrected chi connectivity index (χ1v) is 9.30. The summed E-state index contributed by atoms with van der Waals surface area (Å²) in [6.45, 7) is 4.55. The standard InChI is InChI=1S/C22H27NO/c1-16-10-6-9-15-20(16)23-17(2)21(18-11-7-8-12-18)24-22(23)19-13-4-3-5-14-19/h3-6,9-10,13-15,17-18,21-22H,7-8,11-12H2,1-2H3/t17-,21?,22?/m0/s1. The second kappa shape index (κ2) is 6.60. The van der Waals surface area contributed by atoms with Gasteiger partial charge in [-0.2, -0.15) is 0 Å². The van der Waals surface area contributed by atoms with Gasteiger partial charge in [0.2, 0.25) is 0 Å². The molecule has 1 saturated heterocycles. The van der Waals surface area contributed by atoms with Crippen LogP contribution in [0.2, 0.25) is 0 Å². The third-order valence-electron chi connectivity index (χ3n) is 5.80. The topological polar surface area (TPSA) is 12.5 Å². The molecule has 3 atom stereocenters. The molecule has 1 aliphatic heterocycles. The average molecular weight is 321 g/mol. The molecular weight excluding hydrogens is 294 g/mol. The summed E-state index contributed by atoms with van der Waals surface area (Å²) >= 11 is 0. The van der Waals surface area contributed by atoms with Gasteiger partial charge in [0.25, 0.3) is 0 Å². The number of aryl methyl sites for hydroxylation is 1. The molecule has 0 N–H and O–H groups in total. The maximum atomic E-state index is 6.69. The number of ether oxygens (including phenoxy) is 1. The van der Waals surface area contributed by atoms with E-state index in [4.69, 9.17) is 4.74 Å². The van der Waals surface area contributed by atoms with Crippen LogP contribution in [0.5, 0.6) is 0 Å². The molecule has 1 saturated carbocycles. The van der Waals surface area contributed by atoms with Crippen molar-refractivity contribution >= 4 is 5.69 Å². The summed E-state index contributed by atoms with van der Waals surface area (Å²) in [6, 6.07) is 19.8. The molecule has 0 spiro atoms. The number of rotatable bonds is 3. The first kappa shape index (κ1) is 15.7. The minimum absolute atomic E-state index is 0.0212. The van der Waals surface area contributed by atoms with Crippen LogP contribution in [0.25, 0.3) is 0 Å². The van der Waals surface area contributed by atoms with Gasteiger partial charge in [-0.05, 0) is 44.2 Å². The van der Waals surface area contributed by atoms with Gasteiger partial charge in [-0.25, -0.2) is 0 Å². The lowest BCUT2D eigenvalue weighted by atomic mass is 9.95. The Kier molecular flexibility index (Phi) is 4.32. The van der Waals surface area contributed by atoms with Gasteiger partial charge in [0.1, 0.15) is 0 Å². The summed E-state index contributed by atoms with van der Waals surface area (Å²) in [4.78, 5) is 2.51. The highest BCUT2D eigenvalue weighted by molar-refractivity contribution is 5.56. The molecule has 1 aliphatic carbocycles. The summed E-state index contributed by atoms with van der Waals surface area (Å²) in [5, 5.41) is 0. The van der Waals surface area contributed by atoms with Crippen LogP contribution in [-0.2, 0) is 4.74 Å². The second-order valence-electron chi connectivity index (χ2n) is 7.34. The number of hydrogen-bond donors (Lipinski definition) is 0. The summed E-state index contributed by atoms with van der Waals surface area (Å²) < 4.78 is 6.69. The van der Waals surface area contributed by atoms with Crippen molar-refractivity contribution in [1.82, 2.24) is 0 Å². The fourth-order valence-electron chi connectivity index (χ4n) is 4.55. The molecule has 2 heteroatoms. The molecular formula is C22H27NO. The third-order valence-corrected chi connectivity index (χ3v) is 5.80. The summed E-state index contributed by atoms with van der Waals surface area (Å²) in [7, 11) is 0. The van der Waals surface area contributed by atoms with E-state index in [0.29, 0.717) is 18.1 Å². The van der Waals surface area contributed by atoms with Crippen LogP contribution in [0, 0.1) is 12.8 Å². The minimum Gasteiger partial charge on any atom is -0.348 e. The zero-order valence-electron chi connectivity index (χ0n) is 14.7. The molecule has 2 nitrogen and oxygen atoms in total. The molecule has 2 aromatic rings. The van der Waals surface area contributed by atoms with Crippen LogP contribution >= 0.6 is 0 Å². The normalized spacial score (nSPS) is 27.8. The Morgan fingerprint density at radius 1 is 0.917 bits per heavy atom. The highest BCUT2D eigenvalue weighted by Gasteiger charge is 2.44. The SMILES string of the molecule is Cc1ccccc1N1C(c2ccccc2)OC(C2CCCC2)[C@@H]1C. The first-order valence-electron chi connectivity index (χ1n) is 9.30. The number of nitrogens with zero attached hydrogens (tertiary/aromatic N) is 1. The van der Waals surface area contributed by atoms with Gasteiger partial charge in [-0.15, -0.1) is 0 Å². The zero-order valence-corrected chi connectivity index (χ0v) is 14.7. The van der Waals surface area contributed by atoms with E-state index in [0.717, 1.165) is 0 Å². The van der Waals surface area contributed by atoms with E-state index >= 15 is 0 Å². The minimum atomic E-state index is 0.0212. The quantitative estimate of drug-likeness (QED) is 0.742. The van der Waals surface area contributed by atoms with Gasteiger partial charge in [-0.3, -0.25) is 0 Å². The van der Waals surface area contributed by atoms with E-state index < -0.39 is 0 Å². The van der Waals surface area contributed by atoms with Crippen molar-refractivity contribution in [1.29, 1.82) is 0 Å². The van der Waals surface area contributed by atoms with E-state index in [9.17, 15) is 0 Å². The van der Waals surface area contributed by atoms with Crippen molar-refractivity contribution in [2.75, 3.05) is 4.90 Å². The number of hydrogen-bond acceptors (Lipinski definition) is 2. The van der Waals surface area contributed by atoms with E-state index in [2.05, 4.69) is 73.3 Å².